The predicted molar refractivity (Wildman–Crippen MR) is 71.7 cm³/mol. The second-order valence-corrected chi connectivity index (χ2v) is 5.54. The Labute approximate surface area is 116 Å². The van der Waals surface area contributed by atoms with Crippen molar-refractivity contribution in [1.82, 2.24) is 4.90 Å². The highest BCUT2D eigenvalue weighted by Crippen LogP contribution is 2.23. The zero-order valence-corrected chi connectivity index (χ0v) is 11.4. The van der Waals surface area contributed by atoms with Crippen molar-refractivity contribution in [1.29, 1.82) is 0 Å². The number of likely N-dealkylation sites (tertiary alicyclic amines) is 1. The molecule has 0 aromatic heterocycles. The number of hydrogen-bond donors (Lipinski definition) is 2. The van der Waals surface area contributed by atoms with Crippen molar-refractivity contribution in [3.63, 3.8) is 0 Å². The van der Waals surface area contributed by atoms with E-state index in [-0.39, 0.29) is 17.5 Å². The molecular weight excluding hydrogens is 271 g/mol. The third kappa shape index (κ3) is 3.89. The van der Waals surface area contributed by atoms with Crippen LogP contribution in [0.1, 0.15) is 13.3 Å². The Hall–Kier alpha value is -1.17. The van der Waals surface area contributed by atoms with E-state index in [0.29, 0.717) is 25.2 Å². The van der Waals surface area contributed by atoms with Gasteiger partial charge in [0.2, 0.25) is 5.91 Å². The summed E-state index contributed by atoms with van der Waals surface area (Å²) in [5.41, 5.74) is -0.340. The molecule has 0 saturated carbocycles. The smallest absolute Gasteiger partial charge is 0.238 e. The summed E-state index contributed by atoms with van der Waals surface area (Å²) in [6.45, 7) is 3.08. The van der Waals surface area contributed by atoms with Crippen LogP contribution >= 0.6 is 11.6 Å². The van der Waals surface area contributed by atoms with E-state index in [2.05, 4.69) is 5.32 Å². The fourth-order valence-corrected chi connectivity index (χ4v) is 2.37. The Morgan fingerprint density at radius 3 is 2.95 bits per heavy atom. The third-order valence-corrected chi connectivity index (χ3v) is 3.42. The number of hydrogen-bond acceptors (Lipinski definition) is 3. The van der Waals surface area contributed by atoms with Gasteiger partial charge in [-0.05, 0) is 31.5 Å². The van der Waals surface area contributed by atoms with Gasteiger partial charge in [-0.2, -0.15) is 0 Å². The number of rotatable bonds is 3. The highest BCUT2D eigenvalue weighted by atomic mass is 35.5. The third-order valence-electron chi connectivity index (χ3n) is 3.10. The molecule has 1 amide bonds. The van der Waals surface area contributed by atoms with Gasteiger partial charge in [0.05, 0.1) is 22.9 Å². The van der Waals surface area contributed by atoms with Gasteiger partial charge in [0, 0.05) is 13.1 Å². The molecule has 1 fully saturated rings. The predicted octanol–water partition coefficient (Wildman–Crippen LogP) is 1.87. The minimum Gasteiger partial charge on any atom is -0.389 e. The van der Waals surface area contributed by atoms with Crippen molar-refractivity contribution in [3.05, 3.63) is 29.0 Å². The first-order valence-corrected chi connectivity index (χ1v) is 6.43. The minimum atomic E-state index is -0.728. The lowest BCUT2D eigenvalue weighted by Crippen LogP contribution is -2.35. The standard InChI is InChI=1S/C13H16ClFN2O2/c1-13(19)4-5-17(8-13)7-12(18)16-11-3-2-9(15)6-10(11)14/h2-3,6,19H,4-5,7-8H2,1H3,(H,16,18). The number of β-amino-alcohol motifs (C(OH)–C–C–N with tert-alkyl or cyclic N) is 1. The summed E-state index contributed by atoms with van der Waals surface area (Å²) in [4.78, 5) is 13.7. The van der Waals surface area contributed by atoms with Gasteiger partial charge >= 0.3 is 0 Å². The number of halogens is 2. The maximum absolute atomic E-state index is 12.9. The zero-order valence-electron chi connectivity index (χ0n) is 10.6. The molecule has 0 radical (unpaired) electrons. The minimum absolute atomic E-state index is 0.168. The second kappa shape index (κ2) is 5.45. The number of carbonyl (C=O) groups excluding carboxylic acids is 1. The summed E-state index contributed by atoms with van der Waals surface area (Å²) >= 11 is 5.83. The molecule has 1 saturated heterocycles. The zero-order chi connectivity index (χ0) is 14.0. The van der Waals surface area contributed by atoms with Gasteiger partial charge in [-0.25, -0.2) is 4.39 Å². The summed E-state index contributed by atoms with van der Waals surface area (Å²) in [6.07, 6.45) is 0.650. The van der Waals surface area contributed by atoms with Gasteiger partial charge < -0.3 is 10.4 Å². The van der Waals surface area contributed by atoms with Crippen LogP contribution in [0.2, 0.25) is 5.02 Å². The van der Waals surface area contributed by atoms with Gasteiger partial charge in [0.25, 0.3) is 0 Å². The van der Waals surface area contributed by atoms with E-state index in [9.17, 15) is 14.3 Å². The van der Waals surface area contributed by atoms with Crippen LogP contribution in [0.15, 0.2) is 18.2 Å². The molecule has 1 unspecified atom stereocenters. The van der Waals surface area contributed by atoms with Crippen LogP contribution in [0.3, 0.4) is 0 Å². The van der Waals surface area contributed by atoms with Crippen molar-refractivity contribution in [2.45, 2.75) is 18.9 Å². The van der Waals surface area contributed by atoms with E-state index in [4.69, 9.17) is 11.6 Å². The molecule has 0 bridgehead atoms. The number of carbonyl (C=O) groups is 1. The van der Waals surface area contributed by atoms with E-state index in [1.807, 2.05) is 4.90 Å². The number of anilines is 1. The quantitative estimate of drug-likeness (QED) is 0.892. The maximum atomic E-state index is 12.9. The fourth-order valence-electron chi connectivity index (χ4n) is 2.16. The summed E-state index contributed by atoms with van der Waals surface area (Å²) in [6, 6.07) is 3.82. The lowest BCUT2D eigenvalue weighted by molar-refractivity contribution is -0.117. The van der Waals surface area contributed by atoms with E-state index >= 15 is 0 Å². The largest absolute Gasteiger partial charge is 0.389 e. The molecule has 1 heterocycles. The molecule has 1 atom stereocenters. The van der Waals surface area contributed by atoms with Crippen LogP contribution in [-0.2, 0) is 4.79 Å². The molecule has 1 aromatic rings. The Balaban J connectivity index is 1.91. The maximum Gasteiger partial charge on any atom is 0.238 e. The summed E-state index contributed by atoms with van der Waals surface area (Å²) in [7, 11) is 0. The molecule has 2 N–H and O–H groups in total. The summed E-state index contributed by atoms with van der Waals surface area (Å²) in [5, 5.41) is 12.6. The Bertz CT molecular complexity index is 494. The van der Waals surface area contributed by atoms with Crippen molar-refractivity contribution in [2.24, 2.45) is 0 Å². The van der Waals surface area contributed by atoms with Gasteiger partial charge in [-0.3, -0.25) is 9.69 Å². The van der Waals surface area contributed by atoms with Gasteiger partial charge in [-0.15, -0.1) is 0 Å². The first-order valence-electron chi connectivity index (χ1n) is 6.05. The summed E-state index contributed by atoms with van der Waals surface area (Å²) in [5.74, 6) is -0.676. The molecule has 0 spiro atoms. The Morgan fingerprint density at radius 2 is 2.37 bits per heavy atom. The lowest BCUT2D eigenvalue weighted by Gasteiger charge is -2.18. The molecule has 1 aromatic carbocycles. The van der Waals surface area contributed by atoms with Gasteiger partial charge in [-0.1, -0.05) is 11.6 Å². The molecule has 4 nitrogen and oxygen atoms in total. The Morgan fingerprint density at radius 1 is 1.63 bits per heavy atom. The van der Waals surface area contributed by atoms with E-state index in [1.165, 1.54) is 12.1 Å². The van der Waals surface area contributed by atoms with Crippen molar-refractivity contribution < 1.29 is 14.3 Å². The van der Waals surface area contributed by atoms with E-state index < -0.39 is 11.4 Å². The highest BCUT2D eigenvalue weighted by molar-refractivity contribution is 6.33. The molecule has 6 heteroatoms. The average Bonchev–Trinajstić information content (AvgIpc) is 2.62. The molecule has 1 aliphatic heterocycles. The SMILES string of the molecule is CC1(O)CCN(CC(=O)Nc2ccc(F)cc2Cl)C1. The van der Waals surface area contributed by atoms with E-state index in [1.54, 1.807) is 6.92 Å². The van der Waals surface area contributed by atoms with Gasteiger partial charge in [0.1, 0.15) is 5.82 Å². The Kier molecular flexibility index (Phi) is 4.08. The summed E-state index contributed by atoms with van der Waals surface area (Å²) < 4.78 is 12.9. The van der Waals surface area contributed by atoms with Crippen LogP contribution in [-0.4, -0.2) is 41.1 Å². The average molecular weight is 287 g/mol. The molecule has 19 heavy (non-hydrogen) atoms. The number of nitrogens with zero attached hydrogens (tertiary/aromatic N) is 1. The monoisotopic (exact) mass is 286 g/mol. The van der Waals surface area contributed by atoms with Crippen molar-refractivity contribution in [3.8, 4) is 0 Å². The van der Waals surface area contributed by atoms with E-state index in [0.717, 1.165) is 6.07 Å². The molecule has 2 rings (SSSR count). The molecule has 0 aliphatic carbocycles. The van der Waals surface area contributed by atoms with Crippen LogP contribution in [0.4, 0.5) is 10.1 Å². The number of amides is 1. The number of benzene rings is 1. The van der Waals surface area contributed by atoms with Crippen LogP contribution in [0, 0.1) is 5.82 Å². The molecule has 1 aliphatic rings. The second-order valence-electron chi connectivity index (χ2n) is 5.13. The topological polar surface area (TPSA) is 52.6 Å². The molecular formula is C13H16ClFN2O2. The van der Waals surface area contributed by atoms with Crippen molar-refractivity contribution in [2.75, 3.05) is 25.0 Å². The fraction of sp³-hybridized carbons (Fsp3) is 0.462. The lowest BCUT2D eigenvalue weighted by atomic mass is 10.1. The van der Waals surface area contributed by atoms with Crippen molar-refractivity contribution >= 4 is 23.2 Å². The molecule has 104 valence electrons. The van der Waals surface area contributed by atoms with Crippen LogP contribution in [0.25, 0.3) is 0 Å². The number of nitrogens with one attached hydrogen (secondary N) is 1. The number of aliphatic hydroxyl groups is 1. The van der Waals surface area contributed by atoms with Crippen LogP contribution < -0.4 is 5.32 Å². The van der Waals surface area contributed by atoms with Gasteiger partial charge in [0.15, 0.2) is 0 Å². The normalized spacial score (nSPS) is 23.6. The highest BCUT2D eigenvalue weighted by Gasteiger charge is 2.32. The van der Waals surface area contributed by atoms with Crippen LogP contribution in [0.5, 0.6) is 0 Å². The first-order chi connectivity index (χ1) is 8.85. The first kappa shape index (κ1) is 14.2.